The van der Waals surface area contributed by atoms with Crippen molar-refractivity contribution in [2.24, 2.45) is 0 Å². The van der Waals surface area contributed by atoms with Gasteiger partial charge in [-0.1, -0.05) is 18.7 Å². The molecule has 0 amide bonds. The number of anilines is 2. The Kier molecular flexibility index (Phi) is 6.47. The average Bonchev–Trinajstić information content (AvgIpc) is 2.81. The lowest BCUT2D eigenvalue weighted by Gasteiger charge is -2.25. The molecule has 1 heterocycles. The number of para-hydroxylation sites is 2. The normalized spacial score (nSPS) is 18.0. The molecule has 0 radical (unpaired) electrons. The molecule has 3 aromatic rings. The Bertz CT molecular complexity index is 1110. The summed E-state index contributed by atoms with van der Waals surface area (Å²) in [4.78, 5) is 21.6. The first-order valence-electron chi connectivity index (χ1n) is 10.6. The maximum absolute atomic E-state index is 12.7. The van der Waals surface area contributed by atoms with Gasteiger partial charge in [0.05, 0.1) is 23.2 Å². The van der Waals surface area contributed by atoms with Crippen molar-refractivity contribution in [3.05, 3.63) is 84.5 Å². The fourth-order valence-electron chi connectivity index (χ4n) is 3.83. The van der Waals surface area contributed by atoms with Gasteiger partial charge >= 0.3 is 0 Å². The second-order valence-electron chi connectivity index (χ2n) is 7.90. The number of carbonyl (C=O) groups excluding carboxylic acids is 1. The summed E-state index contributed by atoms with van der Waals surface area (Å²) in [5, 5.41) is 12.7. The summed E-state index contributed by atoms with van der Waals surface area (Å²) in [5.74, 6) is 0.993. The predicted molar refractivity (Wildman–Crippen MR) is 124 cm³/mol. The number of Topliss-reactive ketones (excluding diaryl/α,β-unsaturated/α-hetero) is 1. The summed E-state index contributed by atoms with van der Waals surface area (Å²) in [6.07, 6.45) is 6.23. The molecule has 0 atom stereocenters. The van der Waals surface area contributed by atoms with E-state index in [2.05, 4.69) is 21.9 Å². The maximum atomic E-state index is 12.7. The lowest BCUT2D eigenvalue weighted by molar-refractivity contribution is 0.103. The van der Waals surface area contributed by atoms with Gasteiger partial charge in [-0.05, 0) is 62.1 Å². The fourth-order valence-corrected chi connectivity index (χ4v) is 3.83. The van der Waals surface area contributed by atoms with E-state index < -0.39 is 0 Å². The molecular formula is C25H26N4O3. The van der Waals surface area contributed by atoms with Gasteiger partial charge in [0.15, 0.2) is 0 Å². The van der Waals surface area contributed by atoms with E-state index in [0.29, 0.717) is 28.6 Å². The van der Waals surface area contributed by atoms with Gasteiger partial charge in [0.1, 0.15) is 11.4 Å². The molecule has 0 aliphatic heterocycles. The molecule has 4 N–H and O–H groups in total. The maximum Gasteiger partial charge on any atom is 0.241 e. The third-order valence-electron chi connectivity index (χ3n) is 5.63. The van der Waals surface area contributed by atoms with E-state index in [1.54, 1.807) is 48.8 Å². The number of benzene rings is 2. The number of ketones is 1. The molecule has 4 rings (SSSR count). The SMILES string of the molecule is C=C(Nc1ccccc1N)C(=O)c1ccc(Oc2nccnc2C2CCC(O)CC2)cc1. The molecule has 2 aromatic carbocycles. The van der Waals surface area contributed by atoms with Gasteiger partial charge in [-0.2, -0.15) is 0 Å². The van der Waals surface area contributed by atoms with Crippen molar-refractivity contribution in [2.75, 3.05) is 11.1 Å². The van der Waals surface area contributed by atoms with Gasteiger partial charge in [-0.3, -0.25) is 9.78 Å². The number of hydrogen-bond donors (Lipinski definition) is 3. The molecule has 7 nitrogen and oxygen atoms in total. The molecule has 1 aliphatic carbocycles. The molecule has 1 saturated carbocycles. The Morgan fingerprint density at radius 2 is 1.72 bits per heavy atom. The minimum Gasteiger partial charge on any atom is -0.437 e. The van der Waals surface area contributed by atoms with Gasteiger partial charge in [0.2, 0.25) is 11.7 Å². The molecule has 1 fully saturated rings. The number of nitrogens with two attached hydrogens (primary N) is 1. The largest absolute Gasteiger partial charge is 0.437 e. The van der Waals surface area contributed by atoms with Crippen molar-refractivity contribution in [3.8, 4) is 11.6 Å². The summed E-state index contributed by atoms with van der Waals surface area (Å²) >= 11 is 0. The topological polar surface area (TPSA) is 110 Å². The molecule has 0 unspecified atom stereocenters. The minimum absolute atomic E-state index is 0.211. The zero-order valence-corrected chi connectivity index (χ0v) is 17.7. The molecule has 0 spiro atoms. The first-order chi connectivity index (χ1) is 15.5. The van der Waals surface area contributed by atoms with Crippen LogP contribution in [-0.4, -0.2) is 27.0 Å². The fraction of sp³-hybridized carbons (Fsp3) is 0.240. The highest BCUT2D eigenvalue weighted by molar-refractivity contribution is 6.10. The highest BCUT2D eigenvalue weighted by Crippen LogP contribution is 2.36. The van der Waals surface area contributed by atoms with Crippen molar-refractivity contribution in [2.45, 2.75) is 37.7 Å². The third kappa shape index (κ3) is 4.95. The standard InChI is InChI=1S/C25H26N4O3/c1-16(29-22-5-3-2-4-21(22)26)24(31)18-8-12-20(13-9-18)32-25-23(27-14-15-28-25)17-6-10-19(30)11-7-17/h2-5,8-9,12-15,17,19,29-30H,1,6-7,10-11,26H2. The van der Waals surface area contributed by atoms with E-state index in [1.807, 2.05) is 12.1 Å². The van der Waals surface area contributed by atoms with Gasteiger partial charge in [-0.15, -0.1) is 0 Å². The van der Waals surface area contributed by atoms with Crippen LogP contribution in [0.1, 0.15) is 47.7 Å². The van der Waals surface area contributed by atoms with Crippen LogP contribution in [-0.2, 0) is 0 Å². The van der Waals surface area contributed by atoms with Crippen LogP contribution in [0.4, 0.5) is 11.4 Å². The second-order valence-corrected chi connectivity index (χ2v) is 7.90. The number of carbonyl (C=O) groups is 1. The highest BCUT2D eigenvalue weighted by atomic mass is 16.5. The van der Waals surface area contributed by atoms with Crippen LogP contribution < -0.4 is 15.8 Å². The third-order valence-corrected chi connectivity index (χ3v) is 5.63. The number of allylic oxidation sites excluding steroid dienone is 1. The second kappa shape index (κ2) is 9.62. The Hall–Kier alpha value is -3.71. The number of nitrogen functional groups attached to an aromatic ring is 1. The van der Waals surface area contributed by atoms with Crippen LogP contribution in [0.2, 0.25) is 0 Å². The van der Waals surface area contributed by atoms with Gasteiger partial charge < -0.3 is 20.9 Å². The van der Waals surface area contributed by atoms with Crippen molar-refractivity contribution in [1.82, 2.24) is 9.97 Å². The highest BCUT2D eigenvalue weighted by Gasteiger charge is 2.25. The summed E-state index contributed by atoms with van der Waals surface area (Å²) in [6, 6.07) is 14.0. The number of ether oxygens (including phenoxy) is 1. The summed E-state index contributed by atoms with van der Waals surface area (Å²) in [6.45, 7) is 3.84. The van der Waals surface area contributed by atoms with Crippen LogP contribution in [0.15, 0.2) is 73.2 Å². The molecule has 7 heteroatoms. The lowest BCUT2D eigenvalue weighted by Crippen LogP contribution is -2.18. The summed E-state index contributed by atoms with van der Waals surface area (Å²) in [7, 11) is 0. The number of nitrogens with one attached hydrogen (secondary N) is 1. The Labute approximate surface area is 187 Å². The first-order valence-corrected chi connectivity index (χ1v) is 10.6. The van der Waals surface area contributed by atoms with E-state index in [4.69, 9.17) is 10.5 Å². The number of aliphatic hydroxyl groups is 1. The molecule has 32 heavy (non-hydrogen) atoms. The van der Waals surface area contributed by atoms with Crippen LogP contribution in [0.3, 0.4) is 0 Å². The first kappa shape index (κ1) is 21.5. The van der Waals surface area contributed by atoms with Crippen LogP contribution in [0, 0.1) is 0 Å². The monoisotopic (exact) mass is 430 g/mol. The number of aliphatic hydroxyl groups excluding tert-OH is 1. The van der Waals surface area contributed by atoms with Crippen LogP contribution >= 0.6 is 0 Å². The summed E-state index contributed by atoms with van der Waals surface area (Å²) in [5.41, 5.74) is 8.60. The Balaban J connectivity index is 1.44. The van der Waals surface area contributed by atoms with Crippen LogP contribution in [0.5, 0.6) is 11.6 Å². The minimum atomic E-state index is -0.236. The van der Waals surface area contributed by atoms with E-state index in [-0.39, 0.29) is 23.5 Å². The Morgan fingerprint density at radius 1 is 1.03 bits per heavy atom. The van der Waals surface area contributed by atoms with E-state index >= 15 is 0 Å². The smallest absolute Gasteiger partial charge is 0.241 e. The lowest BCUT2D eigenvalue weighted by atomic mass is 9.85. The van der Waals surface area contributed by atoms with E-state index in [9.17, 15) is 9.90 Å². The molecule has 0 bridgehead atoms. The molecule has 164 valence electrons. The van der Waals surface area contributed by atoms with Gasteiger partial charge in [0, 0.05) is 23.9 Å². The molecule has 1 aromatic heterocycles. The number of rotatable bonds is 7. The van der Waals surface area contributed by atoms with E-state index in [0.717, 1.165) is 31.4 Å². The predicted octanol–water partition coefficient (Wildman–Crippen LogP) is 4.68. The molecule has 1 aliphatic rings. The molecule has 0 saturated heterocycles. The zero-order valence-electron chi connectivity index (χ0n) is 17.7. The van der Waals surface area contributed by atoms with Crippen molar-refractivity contribution >= 4 is 17.2 Å². The van der Waals surface area contributed by atoms with Gasteiger partial charge in [-0.25, -0.2) is 4.98 Å². The number of nitrogens with zero attached hydrogens (tertiary/aromatic N) is 2. The van der Waals surface area contributed by atoms with E-state index in [1.165, 1.54) is 0 Å². The van der Waals surface area contributed by atoms with Crippen molar-refractivity contribution in [1.29, 1.82) is 0 Å². The number of aromatic nitrogens is 2. The zero-order chi connectivity index (χ0) is 22.5. The van der Waals surface area contributed by atoms with Crippen molar-refractivity contribution < 1.29 is 14.6 Å². The summed E-state index contributed by atoms with van der Waals surface area (Å²) < 4.78 is 5.99. The van der Waals surface area contributed by atoms with Crippen molar-refractivity contribution in [3.63, 3.8) is 0 Å². The van der Waals surface area contributed by atoms with Crippen LogP contribution in [0.25, 0.3) is 0 Å². The van der Waals surface area contributed by atoms with Gasteiger partial charge in [0.25, 0.3) is 0 Å². The average molecular weight is 431 g/mol. The Morgan fingerprint density at radius 3 is 2.44 bits per heavy atom. The molecular weight excluding hydrogens is 404 g/mol. The number of hydrogen-bond acceptors (Lipinski definition) is 7. The quantitative estimate of drug-likeness (QED) is 0.284.